The highest BCUT2D eigenvalue weighted by Gasteiger charge is 2.21. The number of benzene rings is 1. The maximum Gasteiger partial charge on any atom is 0.257 e. The van der Waals surface area contributed by atoms with Gasteiger partial charge < -0.3 is 14.2 Å². The average molecular weight is 367 g/mol. The van der Waals surface area contributed by atoms with Crippen molar-refractivity contribution in [2.45, 2.75) is 31.2 Å². The Balaban J connectivity index is 2.28. The van der Waals surface area contributed by atoms with Gasteiger partial charge in [0.2, 0.25) is 10.0 Å². The highest BCUT2D eigenvalue weighted by molar-refractivity contribution is 7.89. The van der Waals surface area contributed by atoms with E-state index >= 15 is 0 Å². The van der Waals surface area contributed by atoms with Crippen molar-refractivity contribution in [2.24, 2.45) is 5.14 Å². The van der Waals surface area contributed by atoms with E-state index in [1.54, 1.807) is 13.1 Å². The Labute approximate surface area is 146 Å². The molecule has 25 heavy (non-hydrogen) atoms. The van der Waals surface area contributed by atoms with Crippen LogP contribution in [0.5, 0.6) is 5.75 Å². The summed E-state index contributed by atoms with van der Waals surface area (Å²) in [6.07, 6.45) is 0. The predicted molar refractivity (Wildman–Crippen MR) is 90.8 cm³/mol. The van der Waals surface area contributed by atoms with E-state index < -0.39 is 15.9 Å². The molecule has 0 aliphatic heterocycles. The van der Waals surface area contributed by atoms with Crippen LogP contribution in [0.1, 0.15) is 41.6 Å². The van der Waals surface area contributed by atoms with E-state index in [0.717, 1.165) is 5.69 Å². The third-order valence-corrected chi connectivity index (χ3v) is 4.55. The first-order valence-electron chi connectivity index (χ1n) is 7.55. The largest absolute Gasteiger partial charge is 0.496 e. The van der Waals surface area contributed by atoms with Crippen LogP contribution in [0.2, 0.25) is 0 Å². The third-order valence-electron chi connectivity index (χ3n) is 3.64. The molecule has 8 nitrogen and oxygen atoms in total. The van der Waals surface area contributed by atoms with E-state index in [2.05, 4.69) is 5.16 Å². The van der Waals surface area contributed by atoms with Crippen molar-refractivity contribution in [1.29, 1.82) is 0 Å². The molecule has 1 aromatic carbocycles. The molecule has 0 spiro atoms. The summed E-state index contributed by atoms with van der Waals surface area (Å²) in [5.74, 6) is 0.570. The van der Waals surface area contributed by atoms with Crippen LogP contribution in [-0.4, -0.2) is 38.5 Å². The van der Waals surface area contributed by atoms with Gasteiger partial charge in [0.05, 0.1) is 29.8 Å². The zero-order chi connectivity index (χ0) is 18.8. The lowest BCUT2D eigenvalue weighted by Gasteiger charge is -2.17. The van der Waals surface area contributed by atoms with Gasteiger partial charge in [-0.3, -0.25) is 4.79 Å². The van der Waals surface area contributed by atoms with Crippen molar-refractivity contribution in [1.82, 2.24) is 10.1 Å². The van der Waals surface area contributed by atoms with Crippen molar-refractivity contribution in [2.75, 3.05) is 14.2 Å². The summed E-state index contributed by atoms with van der Waals surface area (Å²) in [5, 5.41) is 9.08. The molecule has 1 heterocycles. The Hall–Kier alpha value is -2.39. The van der Waals surface area contributed by atoms with E-state index in [1.807, 2.05) is 13.8 Å². The average Bonchev–Trinajstić information content (AvgIpc) is 3.01. The Kier molecular flexibility index (Phi) is 5.48. The maximum atomic E-state index is 12.7. The van der Waals surface area contributed by atoms with Crippen molar-refractivity contribution < 1.29 is 22.5 Å². The minimum absolute atomic E-state index is 0.0973. The van der Waals surface area contributed by atoms with Crippen LogP contribution >= 0.6 is 0 Å². The molecule has 0 bridgehead atoms. The Morgan fingerprint density at radius 2 is 2.04 bits per heavy atom. The molecular formula is C16H21N3O5S. The van der Waals surface area contributed by atoms with E-state index in [1.165, 1.54) is 30.2 Å². The zero-order valence-corrected chi connectivity index (χ0v) is 15.3. The smallest absolute Gasteiger partial charge is 0.257 e. The molecule has 0 saturated heterocycles. The minimum atomic E-state index is -3.93. The Morgan fingerprint density at radius 3 is 2.56 bits per heavy atom. The van der Waals surface area contributed by atoms with Crippen LogP contribution < -0.4 is 9.88 Å². The number of primary sulfonamides is 1. The quantitative estimate of drug-likeness (QED) is 0.831. The van der Waals surface area contributed by atoms with Gasteiger partial charge >= 0.3 is 0 Å². The number of rotatable bonds is 6. The van der Waals surface area contributed by atoms with Crippen LogP contribution in [0.25, 0.3) is 0 Å². The number of carbonyl (C=O) groups is 1. The molecule has 0 aliphatic rings. The molecule has 0 atom stereocenters. The van der Waals surface area contributed by atoms with Crippen LogP contribution in [0.4, 0.5) is 0 Å². The van der Waals surface area contributed by atoms with Gasteiger partial charge in [-0.1, -0.05) is 19.0 Å². The normalized spacial score (nSPS) is 11.6. The van der Waals surface area contributed by atoms with Crippen molar-refractivity contribution in [3.8, 4) is 5.75 Å². The molecule has 1 aromatic heterocycles. The zero-order valence-electron chi connectivity index (χ0n) is 14.5. The molecule has 0 radical (unpaired) electrons. The first kappa shape index (κ1) is 18.9. The molecule has 0 fully saturated rings. The van der Waals surface area contributed by atoms with Gasteiger partial charge in [-0.25, -0.2) is 13.6 Å². The van der Waals surface area contributed by atoms with Crippen LogP contribution in [0, 0.1) is 0 Å². The molecule has 2 aromatic rings. The highest BCUT2D eigenvalue weighted by atomic mass is 32.2. The number of nitrogens with two attached hydrogens (primary N) is 1. The van der Waals surface area contributed by atoms with Gasteiger partial charge in [-0.15, -0.1) is 0 Å². The number of hydrogen-bond acceptors (Lipinski definition) is 6. The summed E-state index contributed by atoms with van der Waals surface area (Å²) < 4.78 is 33.4. The summed E-state index contributed by atoms with van der Waals surface area (Å²) in [5.41, 5.74) is 0.893. The molecule has 9 heteroatoms. The summed E-state index contributed by atoms with van der Waals surface area (Å²) in [6, 6.07) is 5.67. The van der Waals surface area contributed by atoms with E-state index in [0.29, 0.717) is 5.76 Å². The van der Waals surface area contributed by atoms with Crippen LogP contribution in [-0.2, 0) is 16.6 Å². The molecule has 1 amide bonds. The SMILES string of the molecule is COc1ccc(S(N)(=O)=O)cc1C(=O)N(C)Cc1cc(C(C)C)no1. The number of carbonyl (C=O) groups excluding carboxylic acids is 1. The lowest BCUT2D eigenvalue weighted by atomic mass is 10.1. The summed E-state index contributed by atoms with van der Waals surface area (Å²) in [4.78, 5) is 13.9. The second-order valence-corrected chi connectivity index (χ2v) is 7.50. The van der Waals surface area contributed by atoms with Crippen molar-refractivity contribution in [3.05, 3.63) is 41.3 Å². The van der Waals surface area contributed by atoms with Gasteiger partial charge in [0.25, 0.3) is 5.91 Å². The van der Waals surface area contributed by atoms with E-state index in [4.69, 9.17) is 14.4 Å². The van der Waals surface area contributed by atoms with Gasteiger partial charge in [0.1, 0.15) is 5.75 Å². The molecule has 0 saturated carbocycles. The second kappa shape index (κ2) is 7.24. The molecule has 2 N–H and O–H groups in total. The number of nitrogens with zero attached hydrogens (tertiary/aromatic N) is 2. The Bertz CT molecular complexity index is 874. The van der Waals surface area contributed by atoms with Gasteiger partial charge in [0.15, 0.2) is 5.76 Å². The monoisotopic (exact) mass is 367 g/mol. The number of methoxy groups -OCH3 is 1. The van der Waals surface area contributed by atoms with Crippen LogP contribution in [0.15, 0.2) is 33.7 Å². The topological polar surface area (TPSA) is 116 Å². The first-order chi connectivity index (χ1) is 11.6. The lowest BCUT2D eigenvalue weighted by Crippen LogP contribution is -2.27. The molecular weight excluding hydrogens is 346 g/mol. The fraction of sp³-hybridized carbons (Fsp3) is 0.375. The fourth-order valence-corrected chi connectivity index (χ4v) is 2.76. The number of sulfonamides is 1. The molecule has 136 valence electrons. The fourth-order valence-electron chi connectivity index (χ4n) is 2.22. The highest BCUT2D eigenvalue weighted by Crippen LogP contribution is 2.24. The third kappa shape index (κ3) is 4.37. The number of aromatic nitrogens is 1. The van der Waals surface area contributed by atoms with Gasteiger partial charge in [-0.2, -0.15) is 0 Å². The lowest BCUT2D eigenvalue weighted by molar-refractivity contribution is 0.0768. The number of hydrogen-bond donors (Lipinski definition) is 1. The predicted octanol–water partition coefficient (Wildman–Crippen LogP) is 1.73. The van der Waals surface area contributed by atoms with E-state index in [9.17, 15) is 13.2 Å². The molecule has 0 unspecified atom stereocenters. The minimum Gasteiger partial charge on any atom is -0.496 e. The van der Waals surface area contributed by atoms with E-state index in [-0.39, 0.29) is 28.7 Å². The van der Waals surface area contributed by atoms with Gasteiger partial charge in [0, 0.05) is 13.1 Å². The number of ether oxygens (including phenoxy) is 1. The summed E-state index contributed by atoms with van der Waals surface area (Å²) >= 11 is 0. The first-order valence-corrected chi connectivity index (χ1v) is 9.10. The van der Waals surface area contributed by atoms with Gasteiger partial charge in [-0.05, 0) is 24.1 Å². The van der Waals surface area contributed by atoms with Crippen molar-refractivity contribution >= 4 is 15.9 Å². The Morgan fingerprint density at radius 1 is 1.36 bits per heavy atom. The summed E-state index contributed by atoms with van der Waals surface area (Å²) in [6.45, 7) is 4.15. The maximum absolute atomic E-state index is 12.7. The second-order valence-electron chi connectivity index (χ2n) is 5.94. The van der Waals surface area contributed by atoms with Crippen LogP contribution in [0.3, 0.4) is 0 Å². The molecule has 0 aliphatic carbocycles. The molecule has 2 rings (SSSR count). The number of amides is 1. The standard InChI is InChI=1S/C16H21N3O5S/c1-10(2)14-7-11(24-18-14)9-19(3)16(20)13-8-12(25(17,21)22)5-6-15(13)23-4/h5-8,10H,9H2,1-4H3,(H2,17,21,22). The van der Waals surface area contributed by atoms with Crippen molar-refractivity contribution in [3.63, 3.8) is 0 Å². The summed E-state index contributed by atoms with van der Waals surface area (Å²) in [7, 11) is -0.960.